The Bertz CT molecular complexity index is 546. The van der Waals surface area contributed by atoms with Gasteiger partial charge in [0, 0.05) is 24.7 Å². The van der Waals surface area contributed by atoms with Crippen molar-refractivity contribution in [2.75, 3.05) is 13.7 Å². The molecule has 1 atom stereocenters. The second kappa shape index (κ2) is 6.81. The molecule has 0 bridgehead atoms. The van der Waals surface area contributed by atoms with Gasteiger partial charge < -0.3 is 10.5 Å². The van der Waals surface area contributed by atoms with Crippen molar-refractivity contribution in [3.63, 3.8) is 0 Å². The van der Waals surface area contributed by atoms with Crippen LogP contribution in [0.2, 0.25) is 0 Å². The fourth-order valence-corrected chi connectivity index (χ4v) is 3.56. The highest BCUT2D eigenvalue weighted by atomic mass is 79.9. The zero-order chi connectivity index (χ0) is 14.6. The summed E-state index contributed by atoms with van der Waals surface area (Å²) < 4.78 is 32.8. The van der Waals surface area contributed by atoms with Crippen LogP contribution < -0.4 is 10.5 Å². The van der Waals surface area contributed by atoms with Crippen molar-refractivity contribution in [2.45, 2.75) is 31.4 Å². The minimum absolute atomic E-state index is 0.184. The molecular weight excluding hydrogens is 332 g/mol. The van der Waals surface area contributed by atoms with Gasteiger partial charge in [-0.3, -0.25) is 0 Å². The van der Waals surface area contributed by atoms with Gasteiger partial charge in [0.15, 0.2) is 0 Å². The summed E-state index contributed by atoms with van der Waals surface area (Å²) >= 11 is 3.35. The molecule has 0 saturated heterocycles. The van der Waals surface area contributed by atoms with E-state index >= 15 is 0 Å². The molecule has 0 aromatic heterocycles. The van der Waals surface area contributed by atoms with Gasteiger partial charge in [0.1, 0.15) is 0 Å². The number of hydrogen-bond acceptors (Lipinski definition) is 4. The molecule has 3 N–H and O–H groups in total. The maximum atomic E-state index is 12.3. The monoisotopic (exact) mass is 350 g/mol. The maximum Gasteiger partial charge on any atom is 0.240 e. The molecule has 0 fully saturated rings. The largest absolute Gasteiger partial charge is 0.380 e. The number of halogens is 1. The van der Waals surface area contributed by atoms with Crippen molar-refractivity contribution in [1.29, 1.82) is 0 Å². The lowest BCUT2D eigenvalue weighted by Gasteiger charge is -2.14. The first kappa shape index (κ1) is 16.6. The Labute approximate surface area is 122 Å². The van der Waals surface area contributed by atoms with Crippen molar-refractivity contribution in [3.8, 4) is 0 Å². The average Bonchev–Trinajstić information content (AvgIpc) is 2.38. The molecule has 0 spiro atoms. The lowest BCUT2D eigenvalue weighted by Crippen LogP contribution is -2.32. The van der Waals surface area contributed by atoms with E-state index in [0.29, 0.717) is 5.56 Å². The molecule has 0 heterocycles. The Morgan fingerprint density at radius 2 is 2.11 bits per heavy atom. The lowest BCUT2D eigenvalue weighted by molar-refractivity contribution is 0.122. The Hall–Kier alpha value is -0.470. The number of nitrogens with two attached hydrogens (primary N) is 1. The first-order chi connectivity index (χ1) is 8.81. The first-order valence-electron chi connectivity index (χ1n) is 5.83. The van der Waals surface area contributed by atoms with Gasteiger partial charge in [0.2, 0.25) is 10.0 Å². The summed E-state index contributed by atoms with van der Waals surface area (Å²) in [5.74, 6) is 0. The molecule has 19 heavy (non-hydrogen) atoms. The average molecular weight is 351 g/mol. The Balaban J connectivity index is 3.10. The smallest absolute Gasteiger partial charge is 0.240 e. The SMILES string of the molecule is COC(C)CNS(=O)(=O)c1cc(CN)cc(Br)c1C. The Kier molecular flexibility index (Phi) is 5.94. The van der Waals surface area contributed by atoms with Crippen LogP contribution in [0.1, 0.15) is 18.1 Å². The molecule has 108 valence electrons. The van der Waals surface area contributed by atoms with Crippen molar-refractivity contribution >= 4 is 26.0 Å². The number of nitrogens with one attached hydrogen (secondary N) is 1. The predicted octanol–water partition coefficient (Wildman–Crippen LogP) is 1.53. The second-order valence-electron chi connectivity index (χ2n) is 4.30. The van der Waals surface area contributed by atoms with Gasteiger partial charge in [-0.2, -0.15) is 0 Å². The van der Waals surface area contributed by atoms with E-state index in [0.717, 1.165) is 10.0 Å². The van der Waals surface area contributed by atoms with E-state index in [1.165, 1.54) is 7.11 Å². The molecule has 1 aromatic rings. The van der Waals surface area contributed by atoms with Gasteiger partial charge in [0.05, 0.1) is 11.0 Å². The van der Waals surface area contributed by atoms with Crippen LogP contribution in [0.4, 0.5) is 0 Å². The number of rotatable bonds is 6. The zero-order valence-electron chi connectivity index (χ0n) is 11.2. The van der Waals surface area contributed by atoms with Crippen LogP contribution in [0.3, 0.4) is 0 Å². The van der Waals surface area contributed by atoms with Crippen molar-refractivity contribution < 1.29 is 13.2 Å². The molecule has 1 unspecified atom stereocenters. The Morgan fingerprint density at radius 3 is 2.63 bits per heavy atom. The third-order valence-electron chi connectivity index (χ3n) is 2.84. The number of ether oxygens (including phenoxy) is 1. The molecule has 5 nitrogen and oxygen atoms in total. The summed E-state index contributed by atoms with van der Waals surface area (Å²) in [6.45, 7) is 4.05. The molecule has 0 aliphatic carbocycles. The number of benzene rings is 1. The van der Waals surface area contributed by atoms with Gasteiger partial charge in [0.25, 0.3) is 0 Å². The van der Waals surface area contributed by atoms with Gasteiger partial charge >= 0.3 is 0 Å². The highest BCUT2D eigenvalue weighted by Crippen LogP contribution is 2.25. The third-order valence-corrected chi connectivity index (χ3v) is 5.22. The summed E-state index contributed by atoms with van der Waals surface area (Å²) in [5, 5.41) is 0. The van der Waals surface area contributed by atoms with E-state index in [1.54, 1.807) is 19.9 Å². The van der Waals surface area contributed by atoms with Gasteiger partial charge in [-0.15, -0.1) is 0 Å². The summed E-state index contributed by atoms with van der Waals surface area (Å²) in [6, 6.07) is 3.42. The summed E-state index contributed by atoms with van der Waals surface area (Å²) in [6.07, 6.45) is -0.184. The van der Waals surface area contributed by atoms with Gasteiger partial charge in [-0.1, -0.05) is 15.9 Å². The predicted molar refractivity (Wildman–Crippen MR) is 78.4 cm³/mol. The first-order valence-corrected chi connectivity index (χ1v) is 8.11. The van der Waals surface area contributed by atoms with E-state index < -0.39 is 10.0 Å². The van der Waals surface area contributed by atoms with Crippen LogP contribution >= 0.6 is 15.9 Å². The molecular formula is C12H19BrN2O3S. The van der Waals surface area contributed by atoms with Crippen molar-refractivity contribution in [1.82, 2.24) is 4.72 Å². The van der Waals surface area contributed by atoms with Crippen LogP contribution in [0.15, 0.2) is 21.5 Å². The van der Waals surface area contributed by atoms with E-state index in [-0.39, 0.29) is 24.1 Å². The molecule has 0 radical (unpaired) electrons. The van der Waals surface area contributed by atoms with Crippen molar-refractivity contribution in [2.24, 2.45) is 5.73 Å². The molecule has 7 heteroatoms. The normalized spacial score (nSPS) is 13.5. The maximum absolute atomic E-state index is 12.3. The minimum Gasteiger partial charge on any atom is -0.380 e. The van der Waals surface area contributed by atoms with Crippen LogP contribution in [-0.2, 0) is 21.3 Å². The number of methoxy groups -OCH3 is 1. The van der Waals surface area contributed by atoms with Crippen LogP contribution in [0.25, 0.3) is 0 Å². The Morgan fingerprint density at radius 1 is 1.47 bits per heavy atom. The summed E-state index contributed by atoms with van der Waals surface area (Å²) in [7, 11) is -2.03. The summed E-state index contributed by atoms with van der Waals surface area (Å²) in [4.78, 5) is 0.241. The zero-order valence-corrected chi connectivity index (χ0v) is 13.6. The topological polar surface area (TPSA) is 81.4 Å². The second-order valence-corrected chi connectivity index (χ2v) is 6.89. The quantitative estimate of drug-likeness (QED) is 0.814. The van der Waals surface area contributed by atoms with E-state index in [4.69, 9.17) is 10.5 Å². The number of sulfonamides is 1. The number of hydrogen-bond donors (Lipinski definition) is 2. The molecule has 0 saturated carbocycles. The van der Waals surface area contributed by atoms with Crippen LogP contribution in [-0.4, -0.2) is 28.2 Å². The molecule has 0 amide bonds. The standard InChI is InChI=1S/C12H19BrN2O3S/c1-8(18-3)7-15-19(16,17)12-5-10(6-14)4-11(13)9(12)2/h4-5,8,15H,6-7,14H2,1-3H3. The van der Waals surface area contributed by atoms with E-state index in [9.17, 15) is 8.42 Å². The molecule has 0 aliphatic heterocycles. The highest BCUT2D eigenvalue weighted by Gasteiger charge is 2.19. The fourth-order valence-electron chi connectivity index (χ4n) is 1.49. The van der Waals surface area contributed by atoms with E-state index in [1.807, 2.05) is 6.07 Å². The van der Waals surface area contributed by atoms with Gasteiger partial charge in [-0.25, -0.2) is 13.1 Å². The third kappa shape index (κ3) is 4.25. The van der Waals surface area contributed by atoms with Crippen molar-refractivity contribution in [3.05, 3.63) is 27.7 Å². The summed E-state index contributed by atoms with van der Waals surface area (Å²) in [5.41, 5.74) is 6.99. The lowest BCUT2D eigenvalue weighted by atomic mass is 10.1. The van der Waals surface area contributed by atoms with E-state index in [2.05, 4.69) is 20.7 Å². The molecule has 1 aromatic carbocycles. The molecule has 1 rings (SSSR count). The molecule has 0 aliphatic rings. The minimum atomic E-state index is -3.57. The fraction of sp³-hybridized carbons (Fsp3) is 0.500. The van der Waals surface area contributed by atoms with Gasteiger partial charge in [-0.05, 0) is 37.1 Å². The highest BCUT2D eigenvalue weighted by molar-refractivity contribution is 9.10. The van der Waals surface area contributed by atoms with Crippen LogP contribution in [0, 0.1) is 6.92 Å². The van der Waals surface area contributed by atoms with Crippen LogP contribution in [0.5, 0.6) is 0 Å².